The smallest absolute Gasteiger partial charge is 0.247 e. The lowest BCUT2D eigenvalue weighted by Gasteiger charge is -2.33. The number of imidazole rings is 1. The van der Waals surface area contributed by atoms with Crippen LogP contribution in [-0.2, 0) is 4.79 Å². The maximum Gasteiger partial charge on any atom is 0.247 e. The van der Waals surface area contributed by atoms with E-state index in [1.54, 1.807) is 29.3 Å². The molecule has 2 atom stereocenters. The monoisotopic (exact) mass is 525 g/mol. The first-order valence-corrected chi connectivity index (χ1v) is 11.9. The number of benzene rings is 1. The number of fused-ring (bicyclic) bond motifs is 1. The van der Waals surface area contributed by atoms with Gasteiger partial charge in [0, 0.05) is 29.4 Å². The molecule has 0 spiro atoms. The van der Waals surface area contributed by atoms with Crippen LogP contribution in [0, 0.1) is 5.82 Å². The molecule has 2 aliphatic heterocycles. The SMILES string of the molecule is Nc1cc(-c2[nH]c([C@@H]3CCC4CC(c5c(-n6cnnn6)ccc(Cl)c5F)=CC(=O)N43)nc2Cl)ccn1. The van der Waals surface area contributed by atoms with Gasteiger partial charge in [0.2, 0.25) is 5.91 Å². The largest absolute Gasteiger partial charge is 0.384 e. The minimum atomic E-state index is -0.620. The minimum absolute atomic E-state index is 0.0450. The Balaban J connectivity index is 1.35. The fourth-order valence-corrected chi connectivity index (χ4v) is 5.43. The molecule has 5 heterocycles. The molecule has 3 N–H and O–H groups in total. The van der Waals surface area contributed by atoms with E-state index < -0.39 is 5.82 Å². The summed E-state index contributed by atoms with van der Waals surface area (Å²) in [6.45, 7) is 0. The number of halogens is 3. The van der Waals surface area contributed by atoms with Crippen molar-refractivity contribution < 1.29 is 9.18 Å². The van der Waals surface area contributed by atoms with E-state index in [0.29, 0.717) is 47.9 Å². The molecular formula is C23H18Cl2FN9O. The summed E-state index contributed by atoms with van der Waals surface area (Å²) in [7, 11) is 0. The fraction of sp³-hybridized carbons (Fsp3) is 0.217. The maximum absolute atomic E-state index is 15.3. The van der Waals surface area contributed by atoms with Crippen LogP contribution in [0.3, 0.4) is 0 Å². The predicted molar refractivity (Wildman–Crippen MR) is 131 cm³/mol. The molecule has 0 aliphatic carbocycles. The summed E-state index contributed by atoms with van der Waals surface area (Å²) in [4.78, 5) is 26.9. The summed E-state index contributed by atoms with van der Waals surface area (Å²) < 4.78 is 16.6. The van der Waals surface area contributed by atoms with Crippen LogP contribution < -0.4 is 5.73 Å². The van der Waals surface area contributed by atoms with Crippen LogP contribution in [-0.4, -0.2) is 52.0 Å². The molecule has 0 saturated carbocycles. The van der Waals surface area contributed by atoms with Gasteiger partial charge in [-0.25, -0.2) is 14.4 Å². The summed E-state index contributed by atoms with van der Waals surface area (Å²) in [5.74, 6) is 0.0824. The number of amides is 1. The number of nitrogens with zero attached hydrogens (tertiary/aromatic N) is 7. The van der Waals surface area contributed by atoms with Gasteiger partial charge in [-0.1, -0.05) is 23.2 Å². The Morgan fingerprint density at radius 1 is 1.19 bits per heavy atom. The Hall–Kier alpha value is -3.83. The van der Waals surface area contributed by atoms with E-state index in [1.165, 1.54) is 23.2 Å². The highest BCUT2D eigenvalue weighted by Gasteiger charge is 2.42. The minimum Gasteiger partial charge on any atom is -0.384 e. The van der Waals surface area contributed by atoms with Gasteiger partial charge in [0.1, 0.15) is 18.0 Å². The van der Waals surface area contributed by atoms with Gasteiger partial charge in [0.05, 0.1) is 22.4 Å². The number of carbonyl (C=O) groups is 1. The lowest BCUT2D eigenvalue weighted by atomic mass is 9.92. The zero-order valence-electron chi connectivity index (χ0n) is 18.6. The number of tetrazole rings is 1. The normalized spacial score (nSPS) is 19.5. The summed E-state index contributed by atoms with van der Waals surface area (Å²) >= 11 is 12.5. The van der Waals surface area contributed by atoms with Crippen molar-refractivity contribution in [2.75, 3.05) is 5.73 Å². The number of rotatable bonds is 4. The van der Waals surface area contributed by atoms with E-state index in [0.717, 1.165) is 5.56 Å². The molecule has 0 radical (unpaired) electrons. The lowest BCUT2D eigenvalue weighted by Crippen LogP contribution is -2.39. The van der Waals surface area contributed by atoms with Gasteiger partial charge in [-0.15, -0.1) is 5.10 Å². The van der Waals surface area contributed by atoms with Gasteiger partial charge in [-0.2, -0.15) is 4.68 Å². The third-order valence-corrected chi connectivity index (χ3v) is 7.13. The second-order valence-electron chi connectivity index (χ2n) is 8.63. The van der Waals surface area contributed by atoms with Gasteiger partial charge in [-0.05, 0) is 59.5 Å². The lowest BCUT2D eigenvalue weighted by molar-refractivity contribution is -0.129. The van der Waals surface area contributed by atoms with E-state index in [1.807, 2.05) is 0 Å². The van der Waals surface area contributed by atoms with Crippen molar-refractivity contribution in [3.8, 4) is 16.9 Å². The first kappa shape index (κ1) is 22.6. The Morgan fingerprint density at radius 3 is 2.83 bits per heavy atom. The van der Waals surface area contributed by atoms with Crippen LogP contribution in [0.25, 0.3) is 22.5 Å². The summed E-state index contributed by atoms with van der Waals surface area (Å²) in [5, 5.41) is 11.4. The number of H-pyrrole nitrogens is 1. The van der Waals surface area contributed by atoms with Crippen molar-refractivity contribution in [2.24, 2.45) is 0 Å². The van der Waals surface area contributed by atoms with Gasteiger partial charge in [0.15, 0.2) is 11.0 Å². The Morgan fingerprint density at radius 2 is 2.06 bits per heavy atom. The zero-order chi connectivity index (χ0) is 25.0. The molecule has 13 heteroatoms. The molecule has 3 aromatic heterocycles. The third-order valence-electron chi connectivity index (χ3n) is 6.56. The van der Waals surface area contributed by atoms with Gasteiger partial charge in [-0.3, -0.25) is 4.79 Å². The molecule has 4 aromatic rings. The summed E-state index contributed by atoms with van der Waals surface area (Å²) in [6.07, 6.45) is 6.24. The van der Waals surface area contributed by atoms with E-state index in [9.17, 15) is 4.79 Å². The number of anilines is 1. The van der Waals surface area contributed by atoms with Crippen molar-refractivity contribution in [3.63, 3.8) is 0 Å². The Bertz CT molecular complexity index is 1520. The molecule has 0 bridgehead atoms. The van der Waals surface area contributed by atoms with Crippen LogP contribution >= 0.6 is 23.2 Å². The molecule has 6 rings (SSSR count). The first-order valence-electron chi connectivity index (χ1n) is 11.1. The molecular weight excluding hydrogens is 508 g/mol. The number of hydrogen-bond acceptors (Lipinski definition) is 7. The molecule has 182 valence electrons. The average Bonchev–Trinajstić information content (AvgIpc) is 3.60. The topological polar surface area (TPSA) is 132 Å². The van der Waals surface area contributed by atoms with E-state index in [2.05, 4.69) is 30.5 Å². The van der Waals surface area contributed by atoms with Crippen molar-refractivity contribution >= 4 is 40.5 Å². The molecule has 10 nitrogen and oxygen atoms in total. The van der Waals surface area contributed by atoms with Gasteiger partial charge in [0.25, 0.3) is 0 Å². The summed E-state index contributed by atoms with van der Waals surface area (Å²) in [5.41, 5.74) is 8.32. The molecule has 1 aromatic carbocycles. The van der Waals surface area contributed by atoms with Crippen molar-refractivity contribution in [3.05, 3.63) is 70.2 Å². The Kier molecular flexibility index (Phi) is 5.45. The number of aromatic nitrogens is 7. The van der Waals surface area contributed by atoms with E-state index >= 15 is 4.39 Å². The Labute approximate surface area is 213 Å². The molecule has 1 saturated heterocycles. The molecule has 1 amide bonds. The number of nitrogen functional groups attached to an aromatic ring is 1. The van der Waals surface area contributed by atoms with Crippen LogP contribution in [0.5, 0.6) is 0 Å². The molecule has 1 fully saturated rings. The van der Waals surface area contributed by atoms with Gasteiger partial charge < -0.3 is 15.6 Å². The van der Waals surface area contributed by atoms with E-state index in [-0.39, 0.29) is 33.7 Å². The van der Waals surface area contributed by atoms with Crippen LogP contribution in [0.1, 0.15) is 36.7 Å². The van der Waals surface area contributed by atoms with Gasteiger partial charge >= 0.3 is 0 Å². The number of pyridine rings is 1. The highest BCUT2D eigenvalue weighted by atomic mass is 35.5. The number of nitrogens with two attached hydrogens (primary N) is 1. The fourth-order valence-electron chi connectivity index (χ4n) is 5.03. The highest BCUT2D eigenvalue weighted by Crippen LogP contribution is 2.44. The maximum atomic E-state index is 15.3. The standard InChI is InChI=1S/C23H18Cl2FN9O/c24-14-2-4-15(34-10-29-32-33-34)19(20(14)26)12-7-13-1-3-16(35(13)18(36)9-12)23-30-21(22(25)31-23)11-5-6-28-17(27)8-11/h2,4-6,8-10,13,16H,1,3,7H2,(H2,27,28)(H,30,31)/t13?,16-/m0/s1. The van der Waals surface area contributed by atoms with E-state index in [4.69, 9.17) is 28.9 Å². The van der Waals surface area contributed by atoms with Crippen LogP contribution in [0.2, 0.25) is 10.2 Å². The second kappa shape index (κ2) is 8.68. The second-order valence-corrected chi connectivity index (χ2v) is 9.40. The quantitative estimate of drug-likeness (QED) is 0.411. The highest BCUT2D eigenvalue weighted by molar-refractivity contribution is 6.32. The van der Waals surface area contributed by atoms with Crippen LogP contribution in [0.15, 0.2) is 42.9 Å². The van der Waals surface area contributed by atoms with Crippen molar-refractivity contribution in [2.45, 2.75) is 31.3 Å². The van der Waals surface area contributed by atoms with Crippen molar-refractivity contribution in [1.82, 2.24) is 40.1 Å². The first-order chi connectivity index (χ1) is 17.4. The number of hydrogen-bond donors (Lipinski definition) is 2. The average molecular weight is 526 g/mol. The van der Waals surface area contributed by atoms with Crippen LogP contribution in [0.4, 0.5) is 10.2 Å². The number of aromatic amines is 1. The number of carbonyl (C=O) groups excluding carboxylic acids is 1. The van der Waals surface area contributed by atoms with Crippen molar-refractivity contribution in [1.29, 1.82) is 0 Å². The molecule has 36 heavy (non-hydrogen) atoms. The summed E-state index contributed by atoms with van der Waals surface area (Å²) in [6, 6.07) is 6.10. The predicted octanol–water partition coefficient (Wildman–Crippen LogP) is 3.99. The zero-order valence-corrected chi connectivity index (χ0v) is 20.1. The number of nitrogens with one attached hydrogen (secondary N) is 1. The molecule has 1 unspecified atom stereocenters. The molecule has 2 aliphatic rings. The third kappa shape index (κ3) is 3.71.